The van der Waals surface area contributed by atoms with Crippen molar-refractivity contribution in [2.75, 3.05) is 52.4 Å². The minimum Gasteiger partial charge on any atom is -0.354 e. The van der Waals surface area contributed by atoms with Gasteiger partial charge in [0, 0.05) is 132 Å². The van der Waals surface area contributed by atoms with E-state index in [1.165, 1.54) is 35.1 Å². The first-order chi connectivity index (χ1) is 43.4. The number of hydrogen-bond donors (Lipinski definition) is 4. The van der Waals surface area contributed by atoms with Gasteiger partial charge in [-0.25, -0.2) is 19.6 Å². The number of fused-ring (bicyclic) bond motifs is 4. The van der Waals surface area contributed by atoms with Crippen LogP contribution < -0.4 is 21.3 Å². The molecule has 2 aromatic carbocycles. The third kappa shape index (κ3) is 15.6. The van der Waals surface area contributed by atoms with E-state index in [1.807, 2.05) is 36.9 Å². The molecule has 4 fully saturated rings. The topological polar surface area (TPSA) is 191 Å². The summed E-state index contributed by atoms with van der Waals surface area (Å²) in [6.45, 7) is 12.4. The monoisotopic (exact) mass is 1390 g/mol. The first-order valence-corrected chi connectivity index (χ1v) is 34.7. The molecule has 0 radical (unpaired) electrons. The van der Waals surface area contributed by atoms with Crippen LogP contribution in [0.5, 0.6) is 0 Å². The molecule has 4 atom stereocenters. The lowest BCUT2D eigenvalue weighted by molar-refractivity contribution is -0.128. The highest BCUT2D eigenvalue weighted by Crippen LogP contribution is 2.41. The van der Waals surface area contributed by atoms with Crippen molar-refractivity contribution in [1.29, 1.82) is 0 Å². The molecule has 90 heavy (non-hydrogen) atoms. The van der Waals surface area contributed by atoms with Crippen molar-refractivity contribution in [3.63, 3.8) is 0 Å². The smallest absolute Gasteiger partial charge is 0.318 e. The highest BCUT2D eigenvalue weighted by atomic mass is 79.9. The fourth-order valence-electron chi connectivity index (χ4n) is 14.3. The number of pyridine rings is 2. The van der Waals surface area contributed by atoms with E-state index in [4.69, 9.17) is 33.2 Å². The minimum atomic E-state index is -0.642. The Morgan fingerprint density at radius 1 is 0.544 bits per heavy atom. The highest BCUT2D eigenvalue weighted by Gasteiger charge is 2.43. The Bertz CT molecular complexity index is 3130. The number of aromatic nitrogens is 6. The molecule has 22 heteroatoms. The maximum Gasteiger partial charge on any atom is 0.318 e. The first-order valence-electron chi connectivity index (χ1n) is 32.4. The summed E-state index contributed by atoms with van der Waals surface area (Å²) >= 11 is 20.2. The number of nitrogens with zero attached hydrogens (tertiary/aromatic N) is 10. The van der Waals surface area contributed by atoms with Crippen LogP contribution >= 0.6 is 55.1 Å². The zero-order valence-electron chi connectivity index (χ0n) is 52.3. The third-order valence-corrected chi connectivity index (χ3v) is 20.9. The Morgan fingerprint density at radius 3 is 1.33 bits per heavy atom. The highest BCUT2D eigenvalue weighted by molar-refractivity contribution is 9.10. The molecule has 6 heterocycles. The van der Waals surface area contributed by atoms with Crippen molar-refractivity contribution >= 4 is 78.9 Å². The number of imidazole rings is 2. The van der Waals surface area contributed by atoms with E-state index in [0.717, 1.165) is 121 Å². The number of hydrogen-bond acceptors (Lipinski definition) is 10. The fourth-order valence-corrected chi connectivity index (χ4v) is 15.4. The molecule has 4 aliphatic carbocycles. The van der Waals surface area contributed by atoms with Gasteiger partial charge in [0.25, 0.3) is 0 Å². The number of rotatable bonds is 14. The molecular weight excluding hydrogens is 1310 g/mol. The maximum absolute atomic E-state index is 14.0. The van der Waals surface area contributed by atoms with E-state index in [9.17, 15) is 19.2 Å². The molecule has 2 saturated heterocycles. The molecule has 0 spiro atoms. The second-order valence-corrected chi connectivity index (χ2v) is 29.2. The molecule has 6 amide bonds. The van der Waals surface area contributed by atoms with Crippen LogP contribution in [0.4, 0.5) is 9.59 Å². The van der Waals surface area contributed by atoms with Gasteiger partial charge in [-0.05, 0) is 194 Å². The molecule has 4 aromatic heterocycles. The second-order valence-electron chi connectivity index (χ2n) is 26.5. The lowest BCUT2D eigenvalue weighted by Crippen LogP contribution is -2.63. The second kappa shape index (κ2) is 29.4. The molecule has 2 saturated carbocycles. The zero-order valence-corrected chi connectivity index (χ0v) is 57.0. The summed E-state index contributed by atoms with van der Waals surface area (Å²) in [5.74, 6) is -0.261. The van der Waals surface area contributed by atoms with Gasteiger partial charge in [-0.2, -0.15) is 0 Å². The Labute approximate surface area is 556 Å². The summed E-state index contributed by atoms with van der Waals surface area (Å²) in [5, 5.41) is 14.3. The van der Waals surface area contributed by atoms with E-state index in [2.05, 4.69) is 146 Å². The van der Waals surface area contributed by atoms with Gasteiger partial charge in [0.05, 0.1) is 36.1 Å². The normalized spacial score (nSPS) is 21.0. The van der Waals surface area contributed by atoms with Gasteiger partial charge in [-0.3, -0.25) is 29.4 Å². The van der Waals surface area contributed by atoms with Gasteiger partial charge in [-0.1, -0.05) is 73.9 Å². The predicted octanol–water partition coefficient (Wildman–Crippen LogP) is 11.7. The maximum atomic E-state index is 14.0. The Hall–Kier alpha value is -5.90. The summed E-state index contributed by atoms with van der Waals surface area (Å²) in [6, 6.07) is 15.0. The number of urea groups is 2. The standard InChI is InChI=1S/2C34H43BrClN7O2/c2*1-34(2,42-15-14-37-22-42)12-13-38-32(44)29-21-41(16-17-43(29)33(45)40-27-6-4-3-5-7-27)31-28-11-10-26(36)19-23(28)8-9-24-18-25(35)20-39-30(24)31/h2*10-11,14-15,18-20,22,27,29,31H,3-9,12-13,16-17,21H2,1-2H3,(H,38,44)(H,40,45)/t29-,31+;29-,31-/m11/s1. The summed E-state index contributed by atoms with van der Waals surface area (Å²) in [6.07, 6.45) is 30.5. The summed E-state index contributed by atoms with van der Waals surface area (Å²) in [4.78, 5) is 82.0. The molecule has 18 nitrogen and oxygen atoms in total. The summed E-state index contributed by atoms with van der Waals surface area (Å²) in [7, 11) is 0. The Balaban J connectivity index is 0.000000185. The molecular formula is C68H86Br2Cl2N14O4. The largest absolute Gasteiger partial charge is 0.354 e. The lowest BCUT2D eigenvalue weighted by Gasteiger charge is -2.44. The van der Waals surface area contributed by atoms with Crippen LogP contribution in [0.1, 0.15) is 162 Å². The number of piperazine rings is 2. The number of aryl methyl sites for hydroxylation is 4. The van der Waals surface area contributed by atoms with E-state index in [1.54, 1.807) is 34.8 Å². The number of halogens is 4. The van der Waals surface area contributed by atoms with Gasteiger partial charge in [0.2, 0.25) is 11.8 Å². The van der Waals surface area contributed by atoms with E-state index in [0.29, 0.717) is 62.4 Å². The minimum absolute atomic E-state index is 0.131. The van der Waals surface area contributed by atoms with Gasteiger partial charge < -0.3 is 40.2 Å². The average Bonchev–Trinajstić information content (AvgIpc) is 1.45. The van der Waals surface area contributed by atoms with Crippen LogP contribution in [0.25, 0.3) is 0 Å². The van der Waals surface area contributed by atoms with Crippen LogP contribution in [0.2, 0.25) is 10.0 Å². The zero-order chi connectivity index (χ0) is 63.1. The molecule has 0 bridgehead atoms. The van der Waals surface area contributed by atoms with Crippen LogP contribution in [-0.2, 0) is 46.4 Å². The van der Waals surface area contributed by atoms with Crippen LogP contribution in [-0.4, -0.2) is 149 Å². The number of carbonyl (C=O) groups is 4. The van der Waals surface area contributed by atoms with Gasteiger partial charge >= 0.3 is 12.1 Å². The average molecular weight is 1390 g/mol. The van der Waals surface area contributed by atoms with Gasteiger partial charge in [-0.15, -0.1) is 0 Å². The van der Waals surface area contributed by atoms with Crippen molar-refractivity contribution in [1.82, 2.24) is 69.9 Å². The fraction of sp³-hybridized carbons (Fsp3) is 0.529. The molecule has 6 aromatic rings. The third-order valence-electron chi connectivity index (χ3n) is 19.6. The van der Waals surface area contributed by atoms with Crippen molar-refractivity contribution in [3.8, 4) is 0 Å². The molecule has 480 valence electrons. The first kappa shape index (κ1) is 65.6. The van der Waals surface area contributed by atoms with Gasteiger partial charge in [0.1, 0.15) is 12.1 Å². The van der Waals surface area contributed by atoms with Crippen molar-refractivity contribution in [2.45, 2.75) is 178 Å². The molecule has 6 aliphatic rings. The van der Waals surface area contributed by atoms with E-state index in [-0.39, 0.29) is 59.1 Å². The van der Waals surface area contributed by atoms with E-state index >= 15 is 0 Å². The van der Waals surface area contributed by atoms with E-state index < -0.39 is 12.1 Å². The summed E-state index contributed by atoms with van der Waals surface area (Å²) in [5.41, 5.74) is 8.66. The van der Waals surface area contributed by atoms with Crippen LogP contribution in [0.3, 0.4) is 0 Å². The lowest BCUT2D eigenvalue weighted by atomic mass is 9.94. The van der Waals surface area contributed by atoms with Crippen LogP contribution in [0.15, 0.2) is 107 Å². The van der Waals surface area contributed by atoms with Gasteiger partial charge in [0.15, 0.2) is 0 Å². The number of benzene rings is 2. The van der Waals surface area contributed by atoms with Crippen molar-refractivity contribution in [3.05, 3.63) is 162 Å². The number of amides is 6. The van der Waals surface area contributed by atoms with Crippen molar-refractivity contribution in [2.24, 2.45) is 0 Å². The molecule has 12 rings (SSSR count). The summed E-state index contributed by atoms with van der Waals surface area (Å²) < 4.78 is 6.02. The Morgan fingerprint density at radius 2 is 0.944 bits per heavy atom. The molecule has 4 N–H and O–H groups in total. The molecule has 2 aliphatic heterocycles. The predicted molar refractivity (Wildman–Crippen MR) is 359 cm³/mol. The van der Waals surface area contributed by atoms with Crippen molar-refractivity contribution < 1.29 is 19.2 Å². The SMILES string of the molecule is CC(C)(CCNC(=O)[C@H]1CN([C@@H]2c3ccc(Cl)cc3CCc3cc(Br)cnc32)CCN1C(=O)NC1CCCCC1)n1ccnc1.CC(C)(CCNC(=O)[C@H]1CN([C@H]2c3ccc(Cl)cc3CCc3cc(Br)cnc32)CCN1C(=O)NC1CCCCC1)n1ccnc1. The number of nitrogens with one attached hydrogen (secondary N) is 4. The molecule has 0 unspecified atom stereocenters. The quantitative estimate of drug-likeness (QED) is 0.0816. The Kier molecular flexibility index (Phi) is 21.4. The van der Waals surface area contributed by atoms with Crippen LogP contribution in [0, 0.1) is 0 Å². The number of carbonyl (C=O) groups excluding carboxylic acids is 4.